The van der Waals surface area contributed by atoms with Crippen molar-refractivity contribution >= 4 is 74.1 Å². The molecule has 3 aromatic rings. The number of carbonyl (C=O) groups is 3. The van der Waals surface area contributed by atoms with Crippen molar-refractivity contribution in [3.63, 3.8) is 0 Å². The number of hydrogen-bond donors (Lipinski definition) is 3. The number of imide groups is 2. The Morgan fingerprint density at radius 2 is 1.66 bits per heavy atom. The number of urea groups is 1. The number of benzene rings is 2. The van der Waals surface area contributed by atoms with E-state index >= 15 is 0 Å². The molecule has 14 heteroatoms. The normalized spacial score (nSPS) is 15.0. The van der Waals surface area contributed by atoms with E-state index in [1.54, 1.807) is 43.3 Å². The van der Waals surface area contributed by atoms with Crippen LogP contribution >= 0.6 is 11.3 Å². The molecule has 1 aromatic heterocycles. The van der Waals surface area contributed by atoms with Crippen LogP contribution in [0, 0.1) is 6.92 Å². The number of barbiturate groups is 1. The van der Waals surface area contributed by atoms with Gasteiger partial charge in [0.05, 0.1) is 15.9 Å². The molecule has 0 aliphatic carbocycles. The van der Waals surface area contributed by atoms with Gasteiger partial charge in [-0.1, -0.05) is 6.07 Å². The van der Waals surface area contributed by atoms with Gasteiger partial charge >= 0.3 is 6.03 Å². The number of aryl methyl sites for hydroxylation is 1. The van der Waals surface area contributed by atoms with Gasteiger partial charge in [0, 0.05) is 24.4 Å². The number of nitrogens with one attached hydrogen (secondary N) is 2. The van der Waals surface area contributed by atoms with E-state index in [1.165, 1.54) is 0 Å². The minimum atomic E-state index is -4.41. The molecule has 1 aliphatic heterocycles. The molecule has 0 unspecified atom stereocenters. The molecule has 1 aliphatic rings. The van der Waals surface area contributed by atoms with Gasteiger partial charge in [0.25, 0.3) is 21.9 Å². The smallest absolute Gasteiger partial charge is 0.282 e. The Morgan fingerprint density at radius 3 is 2.25 bits per heavy atom. The molecule has 32 heavy (non-hydrogen) atoms. The summed E-state index contributed by atoms with van der Waals surface area (Å²) in [6.45, 7) is 1.59. The number of amides is 4. The van der Waals surface area contributed by atoms with E-state index in [0.717, 1.165) is 11.3 Å². The average molecular weight is 466 g/mol. The molecule has 0 saturated carbocycles. The molecule has 0 spiro atoms. The molecule has 3 N–H and O–H groups in total. The number of thiazole rings is 1. The van der Waals surface area contributed by atoms with Crippen LogP contribution < -0.4 is 10.6 Å². The molecule has 11 nitrogen and oxygen atoms in total. The third-order valence-electron chi connectivity index (χ3n) is 4.34. The number of nitrogens with zero attached hydrogens (tertiary/aromatic N) is 3. The fourth-order valence-electron chi connectivity index (χ4n) is 2.92. The van der Waals surface area contributed by atoms with E-state index in [4.69, 9.17) is 0 Å². The first-order valence-electron chi connectivity index (χ1n) is 8.68. The maximum atomic E-state index is 11.8. The SMILES string of the molecule is Cc1ccc2nc(-c3ccc(N=NC4C(=O)NC(=O)NC4=O)cc3)sc2c1S(=O)(=O)O.[Li]. The second-order valence-electron chi connectivity index (χ2n) is 6.53. The molecular formula is C18H13LiN5O6S2. The summed E-state index contributed by atoms with van der Waals surface area (Å²) in [7, 11) is -4.41. The molecule has 2 aromatic carbocycles. The standard InChI is InChI=1S/C18H13N5O6S2.Li/c1-8-2-7-11-13(14(8)31(27,28)29)30-17(19-11)9-3-5-10(6-4-9)22-23-12-15(24)20-18(26)21-16(12)25;/h2-7,12H,1H3,(H,27,28,29)(H2,20,21,24,25,26);. The first-order chi connectivity index (χ1) is 14.6. The molecule has 4 rings (SSSR count). The number of rotatable bonds is 4. The summed E-state index contributed by atoms with van der Waals surface area (Å²) in [6.07, 6.45) is 0. The molecule has 0 atom stereocenters. The van der Waals surface area contributed by atoms with Gasteiger partial charge in [0.1, 0.15) is 9.90 Å². The number of carbonyl (C=O) groups excluding carboxylic acids is 3. The summed E-state index contributed by atoms with van der Waals surface area (Å²) in [5.74, 6) is -1.73. The second-order valence-corrected chi connectivity index (χ2v) is 8.88. The summed E-state index contributed by atoms with van der Waals surface area (Å²) >= 11 is 1.12. The molecule has 4 amide bonds. The second kappa shape index (κ2) is 8.89. The van der Waals surface area contributed by atoms with Crippen LogP contribution in [0.15, 0.2) is 51.5 Å². The maximum Gasteiger partial charge on any atom is 0.328 e. The van der Waals surface area contributed by atoms with Gasteiger partial charge in [-0.05, 0) is 42.8 Å². The quantitative estimate of drug-likeness (QED) is 0.229. The third-order valence-corrected chi connectivity index (χ3v) is 6.65. The van der Waals surface area contributed by atoms with Crippen LogP contribution in [0.3, 0.4) is 0 Å². The molecule has 159 valence electrons. The van der Waals surface area contributed by atoms with E-state index in [0.29, 0.717) is 32.0 Å². The Labute approximate surface area is 197 Å². The van der Waals surface area contributed by atoms with Gasteiger partial charge < -0.3 is 0 Å². The van der Waals surface area contributed by atoms with Gasteiger partial charge in [0.15, 0.2) is 0 Å². The van der Waals surface area contributed by atoms with E-state index < -0.39 is 34.0 Å². The molecular weight excluding hydrogens is 453 g/mol. The van der Waals surface area contributed by atoms with Crippen molar-refractivity contribution in [3.05, 3.63) is 42.0 Å². The monoisotopic (exact) mass is 466 g/mol. The van der Waals surface area contributed by atoms with Gasteiger partial charge in [0.2, 0.25) is 6.04 Å². The topological polar surface area (TPSA) is 167 Å². The van der Waals surface area contributed by atoms with Crippen LogP contribution in [0.2, 0.25) is 0 Å². The number of fused-ring (bicyclic) bond motifs is 1. The summed E-state index contributed by atoms with van der Waals surface area (Å²) in [4.78, 5) is 38.6. The van der Waals surface area contributed by atoms with Crippen LogP contribution in [-0.2, 0) is 19.7 Å². The zero-order valence-corrected chi connectivity index (χ0v) is 18.3. The van der Waals surface area contributed by atoms with Gasteiger partial charge in [-0.3, -0.25) is 24.8 Å². The van der Waals surface area contributed by atoms with Crippen LogP contribution in [0.25, 0.3) is 20.8 Å². The summed E-state index contributed by atoms with van der Waals surface area (Å²) in [6, 6.07) is 7.34. The Bertz CT molecular complexity index is 1360. The summed E-state index contributed by atoms with van der Waals surface area (Å²) in [5, 5.41) is 11.9. The van der Waals surface area contributed by atoms with E-state index in [9.17, 15) is 27.4 Å². The van der Waals surface area contributed by atoms with Crippen molar-refractivity contribution in [2.24, 2.45) is 10.2 Å². The van der Waals surface area contributed by atoms with E-state index in [1.807, 2.05) is 10.6 Å². The average Bonchev–Trinajstić information content (AvgIpc) is 3.10. The van der Waals surface area contributed by atoms with Gasteiger partial charge in [-0.25, -0.2) is 9.78 Å². The molecule has 2 heterocycles. The van der Waals surface area contributed by atoms with Crippen molar-refractivity contribution in [1.82, 2.24) is 15.6 Å². The zero-order chi connectivity index (χ0) is 22.3. The predicted octanol–water partition coefficient (Wildman–Crippen LogP) is 1.96. The van der Waals surface area contributed by atoms with E-state index in [2.05, 4.69) is 15.2 Å². The van der Waals surface area contributed by atoms with Crippen LogP contribution in [0.1, 0.15) is 5.56 Å². The van der Waals surface area contributed by atoms with E-state index in [-0.39, 0.29) is 23.8 Å². The Kier molecular flexibility index (Phi) is 6.58. The predicted molar refractivity (Wildman–Crippen MR) is 115 cm³/mol. The summed E-state index contributed by atoms with van der Waals surface area (Å²) in [5.41, 5.74) is 1.86. The zero-order valence-electron chi connectivity index (χ0n) is 16.7. The maximum absolute atomic E-state index is 11.8. The number of azo groups is 1. The van der Waals surface area contributed by atoms with Crippen LogP contribution in [-0.4, -0.2) is 60.7 Å². The van der Waals surface area contributed by atoms with Crippen molar-refractivity contribution in [3.8, 4) is 10.6 Å². The first-order valence-corrected chi connectivity index (χ1v) is 10.9. The Morgan fingerprint density at radius 1 is 1.03 bits per heavy atom. The fraction of sp³-hybridized carbons (Fsp3) is 0.111. The molecule has 1 radical (unpaired) electrons. The fourth-order valence-corrected chi connectivity index (χ4v) is 5.24. The summed E-state index contributed by atoms with van der Waals surface area (Å²) < 4.78 is 33.4. The number of hydrogen-bond acceptors (Lipinski definition) is 9. The van der Waals surface area contributed by atoms with Crippen molar-refractivity contribution in [2.75, 3.05) is 0 Å². The van der Waals surface area contributed by atoms with Crippen LogP contribution in [0.5, 0.6) is 0 Å². The third kappa shape index (κ3) is 4.62. The van der Waals surface area contributed by atoms with Gasteiger partial charge in [-0.2, -0.15) is 18.6 Å². The minimum absolute atomic E-state index is 0. The Balaban J connectivity index is 0.00000289. The molecule has 1 fully saturated rings. The minimum Gasteiger partial charge on any atom is -0.282 e. The van der Waals surface area contributed by atoms with Crippen molar-refractivity contribution in [2.45, 2.75) is 17.9 Å². The molecule has 0 bridgehead atoms. The van der Waals surface area contributed by atoms with Gasteiger partial charge in [-0.15, -0.1) is 11.3 Å². The number of aromatic nitrogens is 1. The molecule has 1 saturated heterocycles. The first kappa shape index (κ1) is 23.7. The van der Waals surface area contributed by atoms with Crippen molar-refractivity contribution in [1.29, 1.82) is 0 Å². The van der Waals surface area contributed by atoms with Crippen molar-refractivity contribution < 1.29 is 27.4 Å². The Hall–Kier alpha value is -2.95. The van der Waals surface area contributed by atoms with Crippen LogP contribution in [0.4, 0.5) is 10.5 Å². The largest absolute Gasteiger partial charge is 0.328 e.